The molecule has 0 atom stereocenters. The minimum absolute atomic E-state index is 0.951. The van der Waals surface area contributed by atoms with E-state index in [9.17, 15) is 0 Å². The first kappa shape index (κ1) is 14.5. The fourth-order valence-electron chi connectivity index (χ4n) is 0.541. The molecule has 0 aromatic heterocycles. The molecule has 0 unspecified atom stereocenters. The fourth-order valence-corrected chi connectivity index (χ4v) is 1.61. The predicted octanol–water partition coefficient (Wildman–Crippen LogP) is 6.03. The van der Waals surface area contributed by atoms with E-state index in [1.165, 1.54) is 0 Å². The Morgan fingerprint density at radius 2 is 1.15 bits per heavy atom. The Hall–Kier alpha value is 1.53. The van der Waals surface area contributed by atoms with Crippen LogP contribution in [0.1, 0.15) is 0 Å². The predicted molar refractivity (Wildman–Crippen MR) is 69.2 cm³/mol. The smallest absolute Gasteiger partial charge is 0.0727 e. The van der Waals surface area contributed by atoms with Gasteiger partial charge in [-0.15, -0.1) is 0 Å². The monoisotopic (exact) mass is 314 g/mol. The van der Waals surface area contributed by atoms with Crippen molar-refractivity contribution in [3.63, 3.8) is 0 Å². The summed E-state index contributed by atoms with van der Waals surface area (Å²) in [5, 5.41) is 1.01. The van der Waals surface area contributed by atoms with E-state index in [4.69, 9.17) is 56.2 Å². The fraction of sp³-hybridized carbons (Fsp3) is 0. The van der Waals surface area contributed by atoms with E-state index >= 15 is 0 Å². The Morgan fingerprint density at radius 3 is 1.38 bits per heavy atom. The zero-order valence-corrected chi connectivity index (χ0v) is 11.7. The lowest BCUT2D eigenvalue weighted by atomic mass is 10.4. The molecule has 0 bridgehead atoms. The minimum atomic E-state index is -1.20. The normalized spacial score (nSPS) is 9.77. The van der Waals surface area contributed by atoms with Gasteiger partial charge in [0.15, 0.2) is 5.98 Å². The van der Waals surface area contributed by atoms with Crippen LogP contribution in [0.2, 0.25) is 0 Å². The molecule has 0 saturated carbocycles. The summed E-state index contributed by atoms with van der Waals surface area (Å²) in [4.78, 5) is 0. The molecule has 13 heavy (non-hydrogen) atoms. The summed E-state index contributed by atoms with van der Waals surface area (Å²) in [5.41, 5.74) is 0. The number of halogens is 5. The van der Waals surface area contributed by atoms with E-state index in [1.54, 1.807) is 0 Å². The zero-order valence-electron chi connectivity index (χ0n) is 6.17. The molecule has 7 heteroatoms. The van der Waals surface area contributed by atoms with E-state index in [0.717, 1.165) is 5.30 Å². The summed E-state index contributed by atoms with van der Waals surface area (Å²) in [6, 6.07) is 9.64. The van der Waals surface area contributed by atoms with Crippen molar-refractivity contribution in [2.45, 2.75) is 0 Å². The van der Waals surface area contributed by atoms with Crippen molar-refractivity contribution in [1.82, 2.24) is 0 Å². The highest BCUT2D eigenvalue weighted by Gasteiger charge is 1.99. The second-order valence-corrected chi connectivity index (χ2v) is 10.3. The van der Waals surface area contributed by atoms with Gasteiger partial charge in [-0.25, -0.2) is 0 Å². The highest BCUT2D eigenvalue weighted by atomic mass is 36.0. The molecular weight excluding hydrogens is 311 g/mol. The van der Waals surface area contributed by atoms with Crippen LogP contribution in [0.4, 0.5) is 0 Å². The van der Waals surface area contributed by atoms with Crippen LogP contribution in [0.15, 0.2) is 30.3 Å². The molecule has 0 spiro atoms. The molecule has 0 saturated heterocycles. The van der Waals surface area contributed by atoms with E-state index in [-0.39, 0.29) is 0 Å². The molecule has 74 valence electrons. The lowest BCUT2D eigenvalue weighted by molar-refractivity contribution is 1.78. The molecule has 1 rings (SSSR count). The third-order valence-corrected chi connectivity index (χ3v) is 2.81. The SMILES string of the molecule is ClP(Cl)Cl.ClP(Cl)c1ccccc1. The largest absolute Gasteiger partial charge is 0.179 e. The van der Waals surface area contributed by atoms with Crippen molar-refractivity contribution in [3.8, 4) is 0 Å². The topological polar surface area (TPSA) is 0 Å². The first-order valence-electron chi connectivity index (χ1n) is 2.98. The summed E-state index contributed by atoms with van der Waals surface area (Å²) in [5.74, 6) is -1.20. The van der Waals surface area contributed by atoms with Gasteiger partial charge in [-0.05, 0) is 0 Å². The van der Waals surface area contributed by atoms with Crippen LogP contribution in [-0.4, -0.2) is 0 Å². The van der Waals surface area contributed by atoms with Crippen LogP contribution in [0, 0.1) is 0 Å². The minimum Gasteiger partial charge on any atom is -0.0727 e. The molecular formula is C6H5Cl5P2. The van der Waals surface area contributed by atoms with Crippen LogP contribution < -0.4 is 5.30 Å². The average molecular weight is 316 g/mol. The number of rotatable bonds is 1. The Labute approximate surface area is 104 Å². The number of hydrogen-bond acceptors (Lipinski definition) is 0. The summed E-state index contributed by atoms with van der Waals surface area (Å²) < 4.78 is 0. The first-order valence-corrected chi connectivity index (χ1v) is 10.2. The second-order valence-electron chi connectivity index (χ2n) is 1.76. The molecule has 1 aromatic carbocycles. The van der Waals surface area contributed by atoms with Crippen LogP contribution >= 0.6 is 68.8 Å². The summed E-state index contributed by atoms with van der Waals surface area (Å²) in [6.45, 7) is -0.951. The molecule has 0 fully saturated rings. The maximum atomic E-state index is 5.63. The molecule has 0 radical (unpaired) electrons. The van der Waals surface area contributed by atoms with Gasteiger partial charge in [-0.3, -0.25) is 0 Å². The van der Waals surface area contributed by atoms with Gasteiger partial charge < -0.3 is 0 Å². The van der Waals surface area contributed by atoms with E-state index in [1.807, 2.05) is 30.3 Å². The first-order chi connectivity index (χ1) is 6.04. The quantitative estimate of drug-likeness (QED) is 0.555. The maximum absolute atomic E-state index is 5.63. The highest BCUT2D eigenvalue weighted by molar-refractivity contribution is 8.20. The molecule has 0 heterocycles. The van der Waals surface area contributed by atoms with Crippen molar-refractivity contribution < 1.29 is 0 Å². The second kappa shape index (κ2) is 8.81. The van der Waals surface area contributed by atoms with Gasteiger partial charge in [0, 0.05) is 5.30 Å². The summed E-state index contributed by atoms with van der Waals surface area (Å²) in [6.07, 6.45) is 0. The number of benzene rings is 1. The Kier molecular flexibility index (Phi) is 9.84. The van der Waals surface area contributed by atoms with Crippen molar-refractivity contribution in [2.24, 2.45) is 0 Å². The Balaban J connectivity index is 0.000000310. The van der Waals surface area contributed by atoms with Crippen molar-refractivity contribution in [1.29, 1.82) is 0 Å². The van der Waals surface area contributed by atoms with Crippen LogP contribution in [-0.2, 0) is 0 Å². The molecule has 0 N–H and O–H groups in total. The van der Waals surface area contributed by atoms with E-state index < -0.39 is 12.6 Å². The maximum Gasteiger partial charge on any atom is 0.179 e. The van der Waals surface area contributed by atoms with Gasteiger partial charge in [0.1, 0.15) is 6.63 Å². The average Bonchev–Trinajstić information content (AvgIpc) is 2.05. The highest BCUT2D eigenvalue weighted by Crippen LogP contribution is 2.51. The van der Waals surface area contributed by atoms with Crippen molar-refractivity contribution in [2.75, 3.05) is 0 Å². The Bertz CT molecular complexity index is 213. The zero-order chi connectivity index (χ0) is 10.3. The number of hydrogen-bond donors (Lipinski definition) is 0. The van der Waals surface area contributed by atoms with Crippen LogP contribution in [0.5, 0.6) is 0 Å². The molecule has 0 nitrogen and oxygen atoms in total. The molecule has 0 aliphatic heterocycles. The van der Waals surface area contributed by atoms with Gasteiger partial charge >= 0.3 is 0 Å². The molecule has 0 amide bonds. The molecule has 1 aromatic rings. The van der Waals surface area contributed by atoms with Gasteiger partial charge in [0.2, 0.25) is 0 Å². The molecule has 0 aliphatic rings. The summed E-state index contributed by atoms with van der Waals surface area (Å²) >= 11 is 25.9. The van der Waals surface area contributed by atoms with Gasteiger partial charge in [-0.1, -0.05) is 86.5 Å². The van der Waals surface area contributed by atoms with Crippen molar-refractivity contribution in [3.05, 3.63) is 30.3 Å². The van der Waals surface area contributed by atoms with E-state index in [2.05, 4.69) is 0 Å². The van der Waals surface area contributed by atoms with Crippen molar-refractivity contribution >= 4 is 74.1 Å². The summed E-state index contributed by atoms with van der Waals surface area (Å²) in [7, 11) is 0. The Morgan fingerprint density at radius 1 is 0.769 bits per heavy atom. The third-order valence-electron chi connectivity index (χ3n) is 0.951. The lowest BCUT2D eigenvalue weighted by Gasteiger charge is -1.96. The van der Waals surface area contributed by atoms with Gasteiger partial charge in [0.25, 0.3) is 0 Å². The molecule has 0 aliphatic carbocycles. The third kappa shape index (κ3) is 9.83. The lowest BCUT2D eigenvalue weighted by Crippen LogP contribution is -1.89. The van der Waals surface area contributed by atoms with E-state index in [0.29, 0.717) is 0 Å². The van der Waals surface area contributed by atoms with Gasteiger partial charge in [-0.2, -0.15) is 0 Å². The van der Waals surface area contributed by atoms with Gasteiger partial charge in [0.05, 0.1) is 0 Å². The standard InChI is InChI=1S/C6H5Cl2P.Cl3P/c7-9(8)6-4-2-1-3-5-6;1-4(2)3/h1-5H;. The van der Waals surface area contributed by atoms with Crippen LogP contribution in [0.25, 0.3) is 0 Å². The van der Waals surface area contributed by atoms with Crippen LogP contribution in [0.3, 0.4) is 0 Å².